The Morgan fingerprint density at radius 2 is 2.42 bits per heavy atom. The molecule has 4 nitrogen and oxygen atoms in total. The van der Waals surface area contributed by atoms with Gasteiger partial charge in [0, 0.05) is 12.3 Å². The minimum atomic E-state index is -0.474. The van der Waals surface area contributed by atoms with Crippen LogP contribution in [0.15, 0.2) is 12.3 Å². The quantitative estimate of drug-likeness (QED) is 0.355. The Bertz CT molecular complexity index is 366. The third-order valence-corrected chi connectivity index (χ3v) is 1.51. The minimum absolute atomic E-state index is 0.0120. The summed E-state index contributed by atoms with van der Waals surface area (Å²) in [6.45, 7) is 1.58. The smallest absolute Gasteiger partial charge is 0.258 e. The SMILES string of the molecule is C#Cc1nccc([N+](=O)[O-])c1C. The van der Waals surface area contributed by atoms with Crippen LogP contribution in [0.2, 0.25) is 0 Å². The summed E-state index contributed by atoms with van der Waals surface area (Å²) in [5.74, 6) is 2.27. The lowest BCUT2D eigenvalue weighted by Gasteiger charge is -1.97. The second-order valence-corrected chi connectivity index (χ2v) is 2.21. The second-order valence-electron chi connectivity index (χ2n) is 2.21. The number of nitrogens with zero attached hydrogens (tertiary/aromatic N) is 2. The Morgan fingerprint density at radius 3 is 2.92 bits per heavy atom. The summed E-state index contributed by atoms with van der Waals surface area (Å²) in [7, 11) is 0. The average Bonchev–Trinajstić information content (AvgIpc) is 2.04. The van der Waals surface area contributed by atoms with E-state index in [1.165, 1.54) is 12.3 Å². The Labute approximate surface area is 69.4 Å². The number of pyridine rings is 1. The molecule has 0 amide bonds. The molecule has 0 aliphatic heterocycles. The van der Waals surface area contributed by atoms with Crippen molar-refractivity contribution >= 4 is 5.69 Å². The number of nitro groups is 1. The van der Waals surface area contributed by atoms with Crippen molar-refractivity contribution in [1.82, 2.24) is 4.98 Å². The molecular weight excluding hydrogens is 156 g/mol. The van der Waals surface area contributed by atoms with Gasteiger partial charge in [-0.1, -0.05) is 0 Å². The van der Waals surface area contributed by atoms with Gasteiger partial charge in [0.1, 0.15) is 5.69 Å². The van der Waals surface area contributed by atoms with E-state index in [0.717, 1.165) is 0 Å². The van der Waals surface area contributed by atoms with Crippen molar-refractivity contribution in [3.63, 3.8) is 0 Å². The topological polar surface area (TPSA) is 56.0 Å². The van der Waals surface area contributed by atoms with E-state index in [2.05, 4.69) is 10.9 Å². The molecular formula is C8H6N2O2. The lowest BCUT2D eigenvalue weighted by molar-refractivity contribution is -0.385. The van der Waals surface area contributed by atoms with Crippen LogP contribution < -0.4 is 0 Å². The van der Waals surface area contributed by atoms with Gasteiger partial charge in [0.05, 0.1) is 10.5 Å². The highest BCUT2D eigenvalue weighted by Gasteiger charge is 2.12. The van der Waals surface area contributed by atoms with E-state index in [0.29, 0.717) is 11.3 Å². The van der Waals surface area contributed by atoms with Gasteiger partial charge in [-0.3, -0.25) is 10.1 Å². The zero-order valence-electron chi connectivity index (χ0n) is 6.44. The normalized spacial score (nSPS) is 9.00. The molecule has 12 heavy (non-hydrogen) atoms. The third-order valence-electron chi connectivity index (χ3n) is 1.51. The number of aromatic nitrogens is 1. The Kier molecular flexibility index (Phi) is 2.06. The summed E-state index contributed by atoms with van der Waals surface area (Å²) < 4.78 is 0. The molecule has 1 rings (SSSR count). The minimum Gasteiger partial charge on any atom is -0.258 e. The number of hydrogen-bond donors (Lipinski definition) is 0. The molecule has 0 fully saturated rings. The van der Waals surface area contributed by atoms with Crippen molar-refractivity contribution in [3.8, 4) is 12.3 Å². The highest BCUT2D eigenvalue weighted by Crippen LogP contribution is 2.17. The molecule has 60 valence electrons. The van der Waals surface area contributed by atoms with Crippen molar-refractivity contribution in [2.24, 2.45) is 0 Å². The monoisotopic (exact) mass is 162 g/mol. The molecule has 1 aromatic rings. The van der Waals surface area contributed by atoms with Gasteiger partial charge >= 0.3 is 0 Å². The lowest BCUT2D eigenvalue weighted by atomic mass is 10.2. The molecule has 0 radical (unpaired) electrons. The highest BCUT2D eigenvalue weighted by atomic mass is 16.6. The molecule has 0 aliphatic carbocycles. The maximum absolute atomic E-state index is 10.4. The maximum Gasteiger partial charge on any atom is 0.276 e. The molecule has 0 bridgehead atoms. The molecule has 0 spiro atoms. The van der Waals surface area contributed by atoms with Crippen LogP contribution in [-0.4, -0.2) is 9.91 Å². The molecule has 0 saturated heterocycles. The van der Waals surface area contributed by atoms with Crippen LogP contribution in [0.5, 0.6) is 0 Å². The van der Waals surface area contributed by atoms with Crippen molar-refractivity contribution < 1.29 is 4.92 Å². The zero-order valence-corrected chi connectivity index (χ0v) is 6.44. The largest absolute Gasteiger partial charge is 0.276 e. The summed E-state index contributed by atoms with van der Waals surface area (Å²) in [5, 5.41) is 10.4. The summed E-state index contributed by atoms with van der Waals surface area (Å²) in [6, 6.07) is 1.33. The standard InChI is InChI=1S/C8H6N2O2/c1-3-7-6(2)8(10(11)12)4-5-9-7/h1,4-5H,2H3. The Morgan fingerprint density at radius 1 is 1.75 bits per heavy atom. The van der Waals surface area contributed by atoms with Gasteiger partial charge in [0.25, 0.3) is 5.69 Å². The number of terminal acetylenes is 1. The van der Waals surface area contributed by atoms with Gasteiger partial charge in [-0.05, 0) is 12.8 Å². The number of hydrogen-bond acceptors (Lipinski definition) is 3. The van der Waals surface area contributed by atoms with Gasteiger partial charge in [0.15, 0.2) is 0 Å². The molecule has 0 atom stereocenters. The van der Waals surface area contributed by atoms with E-state index in [1.807, 2.05) is 0 Å². The van der Waals surface area contributed by atoms with Crippen LogP contribution in [0.3, 0.4) is 0 Å². The van der Waals surface area contributed by atoms with E-state index in [4.69, 9.17) is 6.42 Å². The van der Waals surface area contributed by atoms with Crippen LogP contribution in [-0.2, 0) is 0 Å². The van der Waals surface area contributed by atoms with E-state index >= 15 is 0 Å². The van der Waals surface area contributed by atoms with Crippen molar-refractivity contribution in [1.29, 1.82) is 0 Å². The fourth-order valence-corrected chi connectivity index (χ4v) is 0.869. The summed E-state index contributed by atoms with van der Waals surface area (Å²) in [5.41, 5.74) is 0.771. The molecule has 0 N–H and O–H groups in total. The van der Waals surface area contributed by atoms with Crippen LogP contribution in [0.4, 0.5) is 5.69 Å². The molecule has 0 unspecified atom stereocenters. The van der Waals surface area contributed by atoms with Gasteiger partial charge < -0.3 is 0 Å². The van der Waals surface area contributed by atoms with Gasteiger partial charge in [-0.25, -0.2) is 4.98 Å². The van der Waals surface area contributed by atoms with Crippen LogP contribution in [0.25, 0.3) is 0 Å². The van der Waals surface area contributed by atoms with Crippen molar-refractivity contribution in [3.05, 3.63) is 33.6 Å². The molecule has 1 heterocycles. The molecule has 0 aromatic carbocycles. The molecule has 0 aliphatic rings. The van der Waals surface area contributed by atoms with Gasteiger partial charge in [-0.15, -0.1) is 6.42 Å². The van der Waals surface area contributed by atoms with Crippen LogP contribution >= 0.6 is 0 Å². The van der Waals surface area contributed by atoms with Gasteiger partial charge in [-0.2, -0.15) is 0 Å². The van der Waals surface area contributed by atoms with E-state index < -0.39 is 4.92 Å². The first-order chi connectivity index (χ1) is 5.66. The predicted molar refractivity (Wildman–Crippen MR) is 43.6 cm³/mol. The van der Waals surface area contributed by atoms with E-state index in [1.54, 1.807) is 6.92 Å². The van der Waals surface area contributed by atoms with Crippen molar-refractivity contribution in [2.45, 2.75) is 6.92 Å². The summed E-state index contributed by atoms with van der Waals surface area (Å²) >= 11 is 0. The predicted octanol–water partition coefficient (Wildman–Crippen LogP) is 1.28. The molecule has 0 saturated carbocycles. The average molecular weight is 162 g/mol. The van der Waals surface area contributed by atoms with Gasteiger partial charge in [0.2, 0.25) is 0 Å². The first-order valence-electron chi connectivity index (χ1n) is 3.23. The Balaban J connectivity index is 3.35. The molecule has 1 aromatic heterocycles. The lowest BCUT2D eigenvalue weighted by Crippen LogP contribution is -1.95. The van der Waals surface area contributed by atoms with Crippen LogP contribution in [0, 0.1) is 29.4 Å². The second kappa shape index (κ2) is 3.01. The fourth-order valence-electron chi connectivity index (χ4n) is 0.869. The fraction of sp³-hybridized carbons (Fsp3) is 0.125. The zero-order chi connectivity index (χ0) is 9.14. The summed E-state index contributed by atoms with van der Waals surface area (Å²) in [4.78, 5) is 13.7. The maximum atomic E-state index is 10.4. The first kappa shape index (κ1) is 8.21. The first-order valence-corrected chi connectivity index (χ1v) is 3.23. The highest BCUT2D eigenvalue weighted by molar-refractivity contribution is 5.46. The van der Waals surface area contributed by atoms with E-state index in [9.17, 15) is 10.1 Å². The molecule has 4 heteroatoms. The third kappa shape index (κ3) is 1.25. The summed E-state index contributed by atoms with van der Waals surface area (Å²) in [6.07, 6.45) is 6.42. The van der Waals surface area contributed by atoms with Crippen LogP contribution in [0.1, 0.15) is 11.3 Å². The van der Waals surface area contributed by atoms with E-state index in [-0.39, 0.29) is 5.69 Å². The van der Waals surface area contributed by atoms with Crippen molar-refractivity contribution in [2.75, 3.05) is 0 Å². The Hall–Kier alpha value is -1.89. The number of rotatable bonds is 1.